The molecule has 1 unspecified atom stereocenters. The van der Waals surface area contributed by atoms with Crippen molar-refractivity contribution in [2.24, 2.45) is 0 Å². The van der Waals surface area contributed by atoms with Crippen LogP contribution in [0.4, 0.5) is 0 Å². The van der Waals surface area contributed by atoms with Crippen LogP contribution in [0.3, 0.4) is 0 Å². The average Bonchev–Trinajstić information content (AvgIpc) is 2.47. The number of rotatable bonds is 7. The monoisotopic (exact) mass is 295 g/mol. The number of aliphatic hydroxyl groups is 2. The fourth-order valence-electron chi connectivity index (χ4n) is 1.94. The molecule has 0 spiro atoms. The third kappa shape index (κ3) is 4.03. The van der Waals surface area contributed by atoms with Crippen LogP contribution < -0.4 is 5.32 Å². The van der Waals surface area contributed by atoms with E-state index in [-0.39, 0.29) is 6.42 Å². The van der Waals surface area contributed by atoms with E-state index in [1.165, 1.54) is 13.8 Å². The molecule has 6 heteroatoms. The molecule has 4 N–H and O–H groups in total. The second-order valence-electron chi connectivity index (χ2n) is 5.61. The minimum Gasteiger partial charge on any atom is -0.481 e. The van der Waals surface area contributed by atoms with Gasteiger partial charge in [0.25, 0.3) is 0 Å². The van der Waals surface area contributed by atoms with Crippen LogP contribution in [0.2, 0.25) is 0 Å². The van der Waals surface area contributed by atoms with Gasteiger partial charge in [0.2, 0.25) is 5.91 Å². The van der Waals surface area contributed by atoms with Crippen LogP contribution in [-0.4, -0.2) is 45.9 Å². The highest BCUT2D eigenvalue weighted by molar-refractivity contribution is 5.89. The van der Waals surface area contributed by atoms with E-state index in [0.29, 0.717) is 5.56 Å². The minimum absolute atomic E-state index is 0.290. The molecule has 0 saturated heterocycles. The number of amides is 1. The summed E-state index contributed by atoms with van der Waals surface area (Å²) in [5.41, 5.74) is -2.04. The Bertz CT molecular complexity index is 498. The Morgan fingerprint density at radius 3 is 2.05 bits per heavy atom. The van der Waals surface area contributed by atoms with Crippen molar-refractivity contribution in [1.29, 1.82) is 0 Å². The molecule has 21 heavy (non-hydrogen) atoms. The number of aliphatic hydroxyl groups excluding tert-OH is 2. The van der Waals surface area contributed by atoms with Gasteiger partial charge in [-0.3, -0.25) is 9.59 Å². The average molecular weight is 295 g/mol. The van der Waals surface area contributed by atoms with Gasteiger partial charge < -0.3 is 20.6 Å². The molecule has 0 saturated carbocycles. The van der Waals surface area contributed by atoms with E-state index >= 15 is 0 Å². The molecule has 1 aromatic rings. The third-order valence-electron chi connectivity index (χ3n) is 3.54. The summed E-state index contributed by atoms with van der Waals surface area (Å²) in [4.78, 5) is 23.7. The number of carboxylic acids is 1. The molecule has 0 bridgehead atoms. The summed E-state index contributed by atoms with van der Waals surface area (Å²) in [5.74, 6) is -1.66. The van der Waals surface area contributed by atoms with Crippen molar-refractivity contribution in [3.8, 4) is 0 Å². The number of carboxylic acid groups (broad SMARTS) is 1. The summed E-state index contributed by atoms with van der Waals surface area (Å²) in [6, 6.07) is 8.48. The van der Waals surface area contributed by atoms with Crippen LogP contribution >= 0.6 is 0 Å². The Hall–Kier alpha value is -1.92. The van der Waals surface area contributed by atoms with Gasteiger partial charge in [0, 0.05) is 6.42 Å². The molecule has 0 aliphatic heterocycles. The van der Waals surface area contributed by atoms with Crippen molar-refractivity contribution in [3.05, 3.63) is 35.9 Å². The molecule has 1 amide bonds. The highest BCUT2D eigenvalue weighted by Crippen LogP contribution is 2.28. The molecule has 1 rings (SSSR count). The molecular weight excluding hydrogens is 274 g/mol. The molecule has 1 atom stereocenters. The summed E-state index contributed by atoms with van der Waals surface area (Å²) < 4.78 is 0. The SMILES string of the molecule is CC(CO)(CO)NC(=O)CC(C)(C(=O)O)c1ccccc1. The van der Waals surface area contributed by atoms with E-state index in [1.54, 1.807) is 30.3 Å². The molecule has 116 valence electrons. The van der Waals surface area contributed by atoms with Gasteiger partial charge >= 0.3 is 5.97 Å². The predicted octanol–water partition coefficient (Wildman–Crippen LogP) is 0.278. The number of carbonyl (C=O) groups excluding carboxylic acids is 1. The maximum Gasteiger partial charge on any atom is 0.314 e. The van der Waals surface area contributed by atoms with Gasteiger partial charge in [0.1, 0.15) is 0 Å². The van der Waals surface area contributed by atoms with Gasteiger partial charge in [-0.2, -0.15) is 0 Å². The minimum atomic E-state index is -1.38. The molecular formula is C15H21NO5. The Morgan fingerprint density at radius 2 is 1.62 bits per heavy atom. The van der Waals surface area contributed by atoms with Gasteiger partial charge in [-0.05, 0) is 19.4 Å². The smallest absolute Gasteiger partial charge is 0.314 e. The van der Waals surface area contributed by atoms with Crippen LogP contribution in [-0.2, 0) is 15.0 Å². The standard InChI is InChI=1S/C15H21NO5/c1-14(9-17,10-18)16-12(19)8-15(2,13(20)21)11-6-4-3-5-7-11/h3-7,17-18H,8-10H2,1-2H3,(H,16,19)(H,20,21). The lowest BCUT2D eigenvalue weighted by Crippen LogP contribution is -2.53. The van der Waals surface area contributed by atoms with Crippen molar-refractivity contribution >= 4 is 11.9 Å². The number of benzene rings is 1. The van der Waals surface area contributed by atoms with E-state index < -0.39 is 36.0 Å². The fraction of sp³-hybridized carbons (Fsp3) is 0.467. The summed E-state index contributed by atoms with van der Waals surface area (Å²) in [5, 5.41) is 30.3. The molecule has 0 heterocycles. The van der Waals surface area contributed by atoms with Crippen molar-refractivity contribution in [3.63, 3.8) is 0 Å². The van der Waals surface area contributed by atoms with Gasteiger partial charge in [0.15, 0.2) is 0 Å². The van der Waals surface area contributed by atoms with E-state index in [9.17, 15) is 14.7 Å². The molecule has 0 aliphatic carbocycles. The second kappa shape index (κ2) is 6.69. The summed E-state index contributed by atoms with van der Waals surface area (Å²) in [7, 11) is 0. The van der Waals surface area contributed by atoms with Crippen LogP contribution in [0.25, 0.3) is 0 Å². The number of nitrogens with one attached hydrogen (secondary N) is 1. The van der Waals surface area contributed by atoms with Gasteiger partial charge in [-0.25, -0.2) is 0 Å². The molecule has 0 fully saturated rings. The highest BCUT2D eigenvalue weighted by atomic mass is 16.4. The van der Waals surface area contributed by atoms with Crippen LogP contribution in [0.1, 0.15) is 25.8 Å². The quantitative estimate of drug-likeness (QED) is 0.578. The van der Waals surface area contributed by atoms with Crippen LogP contribution in [0.5, 0.6) is 0 Å². The first-order valence-electron chi connectivity index (χ1n) is 6.59. The molecule has 0 radical (unpaired) electrons. The lowest BCUT2D eigenvalue weighted by molar-refractivity contribution is -0.146. The zero-order valence-corrected chi connectivity index (χ0v) is 12.2. The number of carbonyl (C=O) groups is 2. The van der Waals surface area contributed by atoms with E-state index in [2.05, 4.69) is 5.32 Å². The van der Waals surface area contributed by atoms with E-state index in [1.807, 2.05) is 0 Å². The molecule has 6 nitrogen and oxygen atoms in total. The van der Waals surface area contributed by atoms with Crippen LogP contribution in [0.15, 0.2) is 30.3 Å². The Kier molecular flexibility index (Phi) is 5.46. The van der Waals surface area contributed by atoms with Gasteiger partial charge in [-0.1, -0.05) is 30.3 Å². The van der Waals surface area contributed by atoms with Gasteiger partial charge in [-0.15, -0.1) is 0 Å². The van der Waals surface area contributed by atoms with Gasteiger partial charge in [0.05, 0.1) is 24.2 Å². The van der Waals surface area contributed by atoms with Crippen LogP contribution in [0, 0.1) is 0 Å². The first kappa shape index (κ1) is 17.1. The van der Waals surface area contributed by atoms with E-state index in [4.69, 9.17) is 10.2 Å². The Labute approximate surface area is 123 Å². The normalized spacial score (nSPS) is 14.3. The first-order chi connectivity index (χ1) is 9.77. The number of aliphatic carboxylic acids is 1. The summed E-state index contributed by atoms with van der Waals surface area (Å²) >= 11 is 0. The lowest BCUT2D eigenvalue weighted by atomic mass is 9.79. The molecule has 1 aromatic carbocycles. The second-order valence-corrected chi connectivity index (χ2v) is 5.61. The predicted molar refractivity (Wildman–Crippen MR) is 76.8 cm³/mol. The maximum atomic E-state index is 12.1. The highest BCUT2D eigenvalue weighted by Gasteiger charge is 2.38. The van der Waals surface area contributed by atoms with Crippen molar-refractivity contribution in [2.75, 3.05) is 13.2 Å². The third-order valence-corrected chi connectivity index (χ3v) is 3.54. The Morgan fingerprint density at radius 1 is 1.10 bits per heavy atom. The maximum absolute atomic E-state index is 12.1. The summed E-state index contributed by atoms with van der Waals surface area (Å²) in [6.07, 6.45) is -0.290. The number of hydrogen-bond acceptors (Lipinski definition) is 4. The lowest BCUT2D eigenvalue weighted by Gasteiger charge is -2.30. The zero-order valence-electron chi connectivity index (χ0n) is 12.2. The van der Waals surface area contributed by atoms with Crippen molar-refractivity contribution < 1.29 is 24.9 Å². The fourth-order valence-corrected chi connectivity index (χ4v) is 1.94. The first-order valence-corrected chi connectivity index (χ1v) is 6.59. The van der Waals surface area contributed by atoms with Crippen molar-refractivity contribution in [2.45, 2.75) is 31.2 Å². The topological polar surface area (TPSA) is 107 Å². The molecule has 0 aromatic heterocycles. The largest absolute Gasteiger partial charge is 0.481 e. The Balaban J connectivity index is 2.95. The zero-order chi connectivity index (χ0) is 16.1. The molecule has 0 aliphatic rings. The number of hydrogen-bond donors (Lipinski definition) is 4. The van der Waals surface area contributed by atoms with Crippen molar-refractivity contribution in [1.82, 2.24) is 5.32 Å². The summed E-state index contributed by atoms with van der Waals surface area (Å²) in [6.45, 7) is 2.07. The van der Waals surface area contributed by atoms with E-state index in [0.717, 1.165) is 0 Å².